The van der Waals surface area contributed by atoms with E-state index in [0.29, 0.717) is 6.54 Å². The monoisotopic (exact) mass is 94.1 g/mol. The van der Waals surface area contributed by atoms with Gasteiger partial charge in [0.2, 0.25) is 0 Å². The smallest absolute Gasteiger partial charge is 0.0946 e. The molecule has 0 aromatic carbocycles. The molecule has 1 heterocycles. The molecule has 2 nitrogen and oxygen atoms in total. The molecule has 0 saturated heterocycles. The number of nitrogens with zero attached hydrogens (tertiary/aromatic N) is 2. The van der Waals surface area contributed by atoms with Crippen molar-refractivity contribution in [3.05, 3.63) is 25.6 Å². The summed E-state index contributed by atoms with van der Waals surface area (Å²) in [7, 11) is 0. The molecular formula is C5H6N2. The van der Waals surface area contributed by atoms with Gasteiger partial charge in [0.25, 0.3) is 0 Å². The molecule has 1 aromatic rings. The molecule has 0 aliphatic carbocycles. The number of rotatable bonds is 1. The fraction of sp³-hybridized carbons (Fsp3) is 0.200. The van der Waals surface area contributed by atoms with Crippen molar-refractivity contribution in [2.45, 2.75) is 6.54 Å². The highest BCUT2D eigenvalue weighted by Crippen LogP contribution is 1.80. The van der Waals surface area contributed by atoms with Crippen molar-refractivity contribution in [3.8, 4) is 0 Å². The Hall–Kier alpha value is -0.790. The van der Waals surface area contributed by atoms with Gasteiger partial charge in [-0.15, -0.1) is 0 Å². The number of imidazole rings is 1. The molecule has 0 atom stereocenters. The second kappa shape index (κ2) is 1.78. The van der Waals surface area contributed by atoms with Crippen LogP contribution in [0.3, 0.4) is 0 Å². The first-order chi connectivity index (χ1) is 3.43. The van der Waals surface area contributed by atoms with Crippen LogP contribution in [-0.2, 0) is 6.54 Å². The summed E-state index contributed by atoms with van der Waals surface area (Å²) in [5.74, 6) is 0. The highest BCUT2D eigenvalue weighted by Gasteiger charge is 1.77. The third kappa shape index (κ3) is 0.796. The van der Waals surface area contributed by atoms with Crippen LogP contribution in [0.2, 0.25) is 0 Å². The van der Waals surface area contributed by atoms with Crippen LogP contribution in [0.5, 0.6) is 0 Å². The minimum absolute atomic E-state index is 0.514. The van der Waals surface area contributed by atoms with E-state index in [1.54, 1.807) is 17.1 Å². The Morgan fingerprint density at radius 3 is 2.86 bits per heavy atom. The standard InChI is InChI=1S/C5H6N2/c1-2-7-4-3-6-5-7/h1,3-5H,2H2. The molecule has 0 spiro atoms. The molecule has 0 fully saturated rings. The topological polar surface area (TPSA) is 17.8 Å². The zero-order valence-electron chi connectivity index (χ0n) is 3.91. The summed E-state index contributed by atoms with van der Waals surface area (Å²) in [4.78, 5) is 3.78. The van der Waals surface area contributed by atoms with E-state index in [9.17, 15) is 0 Å². The average Bonchev–Trinajstić information content (AvgIpc) is 2.14. The van der Waals surface area contributed by atoms with Crippen LogP contribution in [-0.4, -0.2) is 9.55 Å². The van der Waals surface area contributed by atoms with Gasteiger partial charge < -0.3 is 4.57 Å². The van der Waals surface area contributed by atoms with Gasteiger partial charge in [-0.1, -0.05) is 0 Å². The molecule has 2 radical (unpaired) electrons. The van der Waals surface area contributed by atoms with Crippen LogP contribution < -0.4 is 0 Å². The first-order valence-electron chi connectivity index (χ1n) is 2.09. The highest BCUT2D eigenvalue weighted by atomic mass is 15.0. The van der Waals surface area contributed by atoms with Crippen molar-refractivity contribution in [2.75, 3.05) is 0 Å². The second-order valence-electron chi connectivity index (χ2n) is 1.26. The van der Waals surface area contributed by atoms with E-state index in [1.807, 2.05) is 6.20 Å². The summed E-state index contributed by atoms with van der Waals surface area (Å²) in [6.45, 7) is 5.73. The maximum atomic E-state index is 5.22. The maximum absolute atomic E-state index is 5.22. The SMILES string of the molecule is [CH]Cn1ccnc1. The molecule has 1 aromatic heterocycles. The average molecular weight is 94.1 g/mol. The third-order valence-electron chi connectivity index (χ3n) is 0.770. The van der Waals surface area contributed by atoms with Gasteiger partial charge in [0.15, 0.2) is 0 Å². The summed E-state index contributed by atoms with van der Waals surface area (Å²) < 4.78 is 1.79. The maximum Gasteiger partial charge on any atom is 0.0946 e. The summed E-state index contributed by atoms with van der Waals surface area (Å²) in [5.41, 5.74) is 0. The Labute approximate surface area is 42.8 Å². The normalized spacial score (nSPS) is 9.29. The van der Waals surface area contributed by atoms with Gasteiger partial charge in [-0.25, -0.2) is 4.98 Å². The zero-order valence-corrected chi connectivity index (χ0v) is 3.91. The van der Waals surface area contributed by atoms with Gasteiger partial charge >= 0.3 is 0 Å². The molecule has 0 N–H and O–H groups in total. The Morgan fingerprint density at radius 2 is 2.57 bits per heavy atom. The summed E-state index contributed by atoms with van der Waals surface area (Å²) in [6.07, 6.45) is 5.20. The second-order valence-corrected chi connectivity index (χ2v) is 1.26. The summed E-state index contributed by atoms with van der Waals surface area (Å²) >= 11 is 0. The lowest BCUT2D eigenvalue weighted by Crippen LogP contribution is -1.86. The van der Waals surface area contributed by atoms with Crippen molar-refractivity contribution in [3.63, 3.8) is 0 Å². The van der Waals surface area contributed by atoms with E-state index in [1.165, 1.54) is 0 Å². The molecule has 2 heteroatoms. The molecule has 1 rings (SSSR count). The lowest BCUT2D eigenvalue weighted by atomic mass is 10.7. The van der Waals surface area contributed by atoms with Crippen LogP contribution in [0.15, 0.2) is 18.7 Å². The van der Waals surface area contributed by atoms with Crippen LogP contribution in [0, 0.1) is 6.92 Å². The molecule has 0 bridgehead atoms. The van der Waals surface area contributed by atoms with E-state index in [0.717, 1.165) is 0 Å². The van der Waals surface area contributed by atoms with Gasteiger partial charge in [-0.05, 0) is 6.92 Å². The largest absolute Gasteiger partial charge is 0.337 e. The molecule has 0 aliphatic heterocycles. The van der Waals surface area contributed by atoms with Gasteiger partial charge in [0.1, 0.15) is 0 Å². The van der Waals surface area contributed by atoms with Crippen LogP contribution in [0.25, 0.3) is 0 Å². The van der Waals surface area contributed by atoms with Crippen LogP contribution in [0.1, 0.15) is 0 Å². The molecule has 0 aliphatic rings. The Balaban J connectivity index is 2.76. The lowest BCUT2D eigenvalue weighted by molar-refractivity contribution is 0.818. The lowest BCUT2D eigenvalue weighted by Gasteiger charge is -1.87. The van der Waals surface area contributed by atoms with E-state index < -0.39 is 0 Å². The van der Waals surface area contributed by atoms with Gasteiger partial charge in [0, 0.05) is 18.9 Å². The van der Waals surface area contributed by atoms with Gasteiger partial charge in [-0.2, -0.15) is 0 Å². The molecular weight excluding hydrogens is 88.1 g/mol. The van der Waals surface area contributed by atoms with Crippen LogP contribution >= 0.6 is 0 Å². The predicted octanol–water partition coefficient (Wildman–Crippen LogP) is 0.594. The van der Waals surface area contributed by atoms with Crippen molar-refractivity contribution in [1.82, 2.24) is 9.55 Å². The third-order valence-corrected chi connectivity index (χ3v) is 0.770. The van der Waals surface area contributed by atoms with Gasteiger partial charge in [-0.3, -0.25) is 0 Å². The Bertz CT molecular complexity index is 121. The van der Waals surface area contributed by atoms with E-state index >= 15 is 0 Å². The van der Waals surface area contributed by atoms with E-state index in [-0.39, 0.29) is 0 Å². The Morgan fingerprint density at radius 1 is 1.71 bits per heavy atom. The minimum atomic E-state index is 0.514. The molecule has 0 saturated carbocycles. The summed E-state index contributed by atoms with van der Waals surface area (Å²) in [5, 5.41) is 0. The first-order valence-corrected chi connectivity index (χ1v) is 2.09. The van der Waals surface area contributed by atoms with Crippen molar-refractivity contribution >= 4 is 0 Å². The number of hydrogen-bond acceptors (Lipinski definition) is 1. The quantitative estimate of drug-likeness (QED) is 0.498. The summed E-state index contributed by atoms with van der Waals surface area (Å²) in [6, 6.07) is 0. The molecule has 36 valence electrons. The zero-order chi connectivity index (χ0) is 5.11. The van der Waals surface area contributed by atoms with Crippen molar-refractivity contribution < 1.29 is 0 Å². The minimum Gasteiger partial charge on any atom is -0.337 e. The number of aromatic nitrogens is 2. The fourth-order valence-electron chi connectivity index (χ4n) is 0.395. The molecule has 0 unspecified atom stereocenters. The fourth-order valence-corrected chi connectivity index (χ4v) is 0.395. The molecule has 0 amide bonds. The van der Waals surface area contributed by atoms with Crippen LogP contribution in [0.4, 0.5) is 0 Å². The van der Waals surface area contributed by atoms with E-state index in [4.69, 9.17) is 6.92 Å². The Kier molecular flexibility index (Phi) is 1.11. The predicted molar refractivity (Wildman–Crippen MR) is 26.5 cm³/mol. The van der Waals surface area contributed by atoms with Gasteiger partial charge in [0.05, 0.1) is 6.33 Å². The molecule has 7 heavy (non-hydrogen) atoms. The van der Waals surface area contributed by atoms with E-state index in [2.05, 4.69) is 4.98 Å². The first kappa shape index (κ1) is 4.37. The van der Waals surface area contributed by atoms with Crippen molar-refractivity contribution in [2.24, 2.45) is 0 Å². The van der Waals surface area contributed by atoms with Crippen molar-refractivity contribution in [1.29, 1.82) is 0 Å². The number of hydrogen-bond donors (Lipinski definition) is 0. The highest BCUT2D eigenvalue weighted by molar-refractivity contribution is 4.73.